The SMILES string of the molecule is COc1cc(O[Si](C)(C)C(C)(C)C)cc(C(=O)OCBr)c1. The molecule has 0 fully saturated rings. The summed E-state index contributed by atoms with van der Waals surface area (Å²) in [7, 11) is -0.414. The Kier molecular flexibility index (Phi) is 5.87. The second kappa shape index (κ2) is 6.83. The first-order chi connectivity index (χ1) is 9.60. The number of carbonyl (C=O) groups excluding carboxylic acids is 1. The third-order valence-corrected chi connectivity index (χ3v) is 8.30. The second-order valence-corrected chi connectivity index (χ2v) is 11.5. The highest BCUT2D eigenvalue weighted by Crippen LogP contribution is 2.38. The summed E-state index contributed by atoms with van der Waals surface area (Å²) in [6, 6.07) is 5.14. The molecule has 0 aliphatic heterocycles. The van der Waals surface area contributed by atoms with Crippen molar-refractivity contribution in [2.24, 2.45) is 0 Å². The van der Waals surface area contributed by atoms with E-state index in [0.717, 1.165) is 0 Å². The van der Waals surface area contributed by atoms with E-state index in [2.05, 4.69) is 49.8 Å². The summed E-state index contributed by atoms with van der Waals surface area (Å²) in [6.07, 6.45) is 0. The van der Waals surface area contributed by atoms with Crippen LogP contribution in [0.2, 0.25) is 18.1 Å². The van der Waals surface area contributed by atoms with Crippen LogP contribution in [0.25, 0.3) is 0 Å². The van der Waals surface area contributed by atoms with Crippen LogP contribution in [0, 0.1) is 0 Å². The van der Waals surface area contributed by atoms with Gasteiger partial charge in [-0.1, -0.05) is 20.8 Å². The molecule has 0 radical (unpaired) electrons. The fraction of sp³-hybridized carbons (Fsp3) is 0.533. The fourth-order valence-corrected chi connectivity index (χ4v) is 2.67. The Bertz CT molecular complexity index is 509. The van der Waals surface area contributed by atoms with Gasteiger partial charge in [-0.15, -0.1) is 0 Å². The molecule has 118 valence electrons. The Hall–Kier alpha value is -1.01. The zero-order valence-electron chi connectivity index (χ0n) is 13.5. The lowest BCUT2D eigenvalue weighted by atomic mass is 10.2. The first-order valence-corrected chi connectivity index (χ1v) is 10.7. The van der Waals surface area contributed by atoms with E-state index in [9.17, 15) is 4.79 Å². The Morgan fingerprint density at radius 3 is 2.24 bits per heavy atom. The third-order valence-electron chi connectivity index (χ3n) is 3.72. The standard InChI is InChI=1S/C15H23BrO4Si/c1-15(2,3)21(5,6)20-13-8-11(14(17)19-10-16)7-12(9-13)18-4/h7-9H,10H2,1-6H3. The van der Waals surface area contributed by atoms with Crippen molar-refractivity contribution in [3.05, 3.63) is 23.8 Å². The molecule has 0 spiro atoms. The van der Waals surface area contributed by atoms with Crippen LogP contribution in [0.3, 0.4) is 0 Å². The summed E-state index contributed by atoms with van der Waals surface area (Å²) in [5.74, 6) is 0.807. The molecule has 0 heterocycles. The van der Waals surface area contributed by atoms with Crippen molar-refractivity contribution in [3.8, 4) is 11.5 Å². The van der Waals surface area contributed by atoms with Gasteiger partial charge in [0, 0.05) is 6.07 Å². The zero-order chi connectivity index (χ0) is 16.3. The third kappa shape index (κ3) is 4.74. The minimum absolute atomic E-state index is 0.0760. The quantitative estimate of drug-likeness (QED) is 0.429. The van der Waals surface area contributed by atoms with Crippen molar-refractivity contribution in [1.82, 2.24) is 0 Å². The molecule has 0 atom stereocenters. The lowest BCUT2D eigenvalue weighted by molar-refractivity contribution is 0.0583. The van der Waals surface area contributed by atoms with Crippen molar-refractivity contribution < 1.29 is 18.7 Å². The van der Waals surface area contributed by atoms with E-state index in [0.29, 0.717) is 17.1 Å². The van der Waals surface area contributed by atoms with Gasteiger partial charge in [0.1, 0.15) is 17.0 Å². The number of benzene rings is 1. The van der Waals surface area contributed by atoms with Crippen molar-refractivity contribution in [3.63, 3.8) is 0 Å². The smallest absolute Gasteiger partial charge is 0.339 e. The van der Waals surface area contributed by atoms with Crippen LogP contribution in [0.5, 0.6) is 11.5 Å². The molecule has 21 heavy (non-hydrogen) atoms. The summed E-state index contributed by atoms with van der Waals surface area (Å²) in [5, 5.41) is 0.0760. The van der Waals surface area contributed by atoms with Crippen molar-refractivity contribution in [2.75, 3.05) is 12.6 Å². The maximum Gasteiger partial charge on any atom is 0.339 e. The molecule has 0 N–H and O–H groups in total. The van der Waals surface area contributed by atoms with Gasteiger partial charge in [-0.05, 0) is 46.2 Å². The van der Waals surface area contributed by atoms with E-state index in [1.807, 2.05) is 0 Å². The highest BCUT2D eigenvalue weighted by molar-refractivity contribution is 9.09. The molecule has 0 bridgehead atoms. The zero-order valence-corrected chi connectivity index (χ0v) is 16.0. The Balaban J connectivity index is 3.13. The molecule has 1 aromatic rings. The molecule has 0 saturated heterocycles. The summed E-state index contributed by atoms with van der Waals surface area (Å²) < 4.78 is 16.4. The molecule has 0 aromatic heterocycles. The van der Waals surface area contributed by atoms with Gasteiger partial charge in [0.15, 0.2) is 0 Å². The lowest BCUT2D eigenvalue weighted by Crippen LogP contribution is -2.43. The fourth-order valence-electron chi connectivity index (χ4n) is 1.45. The lowest BCUT2D eigenvalue weighted by Gasteiger charge is -2.36. The molecule has 0 aliphatic rings. The Morgan fingerprint density at radius 1 is 1.19 bits per heavy atom. The molecular formula is C15H23BrO4Si. The number of alkyl halides is 1. The number of rotatable bonds is 5. The second-order valence-electron chi connectivity index (χ2n) is 6.30. The number of hydrogen-bond acceptors (Lipinski definition) is 4. The van der Waals surface area contributed by atoms with Crippen LogP contribution in [0.4, 0.5) is 0 Å². The van der Waals surface area contributed by atoms with E-state index >= 15 is 0 Å². The number of ether oxygens (including phenoxy) is 2. The van der Waals surface area contributed by atoms with Crippen LogP contribution in [-0.2, 0) is 4.74 Å². The van der Waals surface area contributed by atoms with Gasteiger partial charge in [-0.25, -0.2) is 4.79 Å². The predicted octanol–water partition coefficient (Wildman–Crippen LogP) is 4.59. The van der Waals surface area contributed by atoms with Crippen LogP contribution in [-0.4, -0.2) is 26.9 Å². The van der Waals surface area contributed by atoms with E-state index in [-0.39, 0.29) is 10.6 Å². The van der Waals surface area contributed by atoms with Gasteiger partial charge in [0.2, 0.25) is 8.32 Å². The Morgan fingerprint density at radius 2 is 1.76 bits per heavy atom. The summed E-state index contributed by atoms with van der Waals surface area (Å²) in [6.45, 7) is 10.8. The number of halogens is 1. The van der Waals surface area contributed by atoms with E-state index in [1.165, 1.54) is 0 Å². The summed E-state index contributed by atoms with van der Waals surface area (Å²) in [4.78, 5) is 11.9. The number of methoxy groups -OCH3 is 1. The number of hydrogen-bond donors (Lipinski definition) is 0. The van der Waals surface area contributed by atoms with Gasteiger partial charge >= 0.3 is 5.97 Å². The summed E-state index contributed by atoms with van der Waals surface area (Å²) in [5.41, 5.74) is 0.573. The first kappa shape index (κ1) is 18.0. The molecule has 0 aliphatic carbocycles. The minimum atomic E-state index is -1.97. The molecular weight excluding hydrogens is 352 g/mol. The molecule has 0 saturated carbocycles. The van der Waals surface area contributed by atoms with Crippen molar-refractivity contribution in [2.45, 2.75) is 38.9 Å². The van der Waals surface area contributed by atoms with Crippen LogP contribution in [0.15, 0.2) is 18.2 Å². The molecule has 6 heteroatoms. The normalized spacial score (nSPS) is 12.0. The van der Waals surface area contributed by atoms with E-state index in [1.54, 1.807) is 25.3 Å². The number of esters is 1. The van der Waals surface area contributed by atoms with E-state index in [4.69, 9.17) is 13.9 Å². The molecule has 1 rings (SSSR count). The van der Waals surface area contributed by atoms with Gasteiger partial charge in [-0.3, -0.25) is 0 Å². The van der Waals surface area contributed by atoms with Gasteiger partial charge in [0.05, 0.1) is 12.7 Å². The largest absolute Gasteiger partial charge is 0.543 e. The van der Waals surface area contributed by atoms with Gasteiger partial charge < -0.3 is 13.9 Å². The van der Waals surface area contributed by atoms with Crippen LogP contribution >= 0.6 is 15.9 Å². The highest BCUT2D eigenvalue weighted by atomic mass is 79.9. The maximum atomic E-state index is 11.9. The number of carbonyl (C=O) groups is 1. The molecule has 0 amide bonds. The first-order valence-electron chi connectivity index (χ1n) is 6.72. The predicted molar refractivity (Wildman–Crippen MR) is 90.0 cm³/mol. The topological polar surface area (TPSA) is 44.8 Å². The average molecular weight is 375 g/mol. The van der Waals surface area contributed by atoms with Crippen LogP contribution < -0.4 is 9.16 Å². The van der Waals surface area contributed by atoms with Gasteiger partial charge in [-0.2, -0.15) is 0 Å². The molecule has 4 nitrogen and oxygen atoms in total. The minimum Gasteiger partial charge on any atom is -0.543 e. The molecule has 0 unspecified atom stereocenters. The van der Waals surface area contributed by atoms with Crippen molar-refractivity contribution in [1.29, 1.82) is 0 Å². The highest BCUT2D eigenvalue weighted by Gasteiger charge is 2.39. The van der Waals surface area contributed by atoms with Gasteiger partial charge in [0.25, 0.3) is 0 Å². The average Bonchev–Trinajstić information content (AvgIpc) is 2.36. The summed E-state index contributed by atoms with van der Waals surface area (Å²) >= 11 is 3.08. The van der Waals surface area contributed by atoms with Crippen LogP contribution in [0.1, 0.15) is 31.1 Å². The van der Waals surface area contributed by atoms with E-state index < -0.39 is 14.3 Å². The Labute approximate surface area is 136 Å². The van der Waals surface area contributed by atoms with Crippen molar-refractivity contribution >= 4 is 30.2 Å². The molecule has 1 aromatic carbocycles. The monoisotopic (exact) mass is 374 g/mol. The maximum absolute atomic E-state index is 11.9.